The first-order valence-corrected chi connectivity index (χ1v) is 17.4. The van der Waals surface area contributed by atoms with E-state index in [1.54, 1.807) is 0 Å². The molecule has 0 unspecified atom stereocenters. The molecule has 2 aromatic heterocycles. The lowest BCUT2D eigenvalue weighted by atomic mass is 9.98. The lowest BCUT2D eigenvalue weighted by molar-refractivity contribution is 0.669. The zero-order valence-electron chi connectivity index (χ0n) is 26.5. The predicted octanol–water partition coefficient (Wildman–Crippen LogP) is 13.9. The molecule has 0 aliphatic rings. The van der Waals surface area contributed by atoms with Crippen LogP contribution >= 0.6 is 11.3 Å². The Bertz CT molecular complexity index is 2830. The van der Waals surface area contributed by atoms with Crippen molar-refractivity contribution in [3.05, 3.63) is 176 Å². The van der Waals surface area contributed by atoms with Gasteiger partial charge in [-0.3, -0.25) is 0 Å². The predicted molar refractivity (Wildman–Crippen MR) is 210 cm³/mol. The third-order valence-electron chi connectivity index (χ3n) is 9.65. The van der Waals surface area contributed by atoms with Crippen LogP contribution in [-0.2, 0) is 0 Å². The first kappa shape index (κ1) is 27.9. The molecule has 0 radical (unpaired) electrons. The van der Waals surface area contributed by atoms with Gasteiger partial charge in [-0.1, -0.05) is 115 Å². The van der Waals surface area contributed by atoms with Crippen molar-refractivity contribution in [2.45, 2.75) is 0 Å². The molecule has 0 atom stereocenters. The van der Waals surface area contributed by atoms with Crippen LogP contribution in [0.25, 0.3) is 75.1 Å². The van der Waals surface area contributed by atoms with Crippen LogP contribution in [0.4, 0.5) is 17.1 Å². The molecule has 0 saturated heterocycles. The van der Waals surface area contributed by atoms with E-state index in [0.29, 0.717) is 0 Å². The maximum absolute atomic E-state index is 6.22. The van der Waals surface area contributed by atoms with Gasteiger partial charge in [-0.25, -0.2) is 0 Å². The van der Waals surface area contributed by atoms with Crippen LogP contribution in [0, 0.1) is 0 Å². The fourth-order valence-electron chi connectivity index (χ4n) is 7.39. The van der Waals surface area contributed by atoms with E-state index in [1.807, 2.05) is 23.5 Å². The van der Waals surface area contributed by atoms with E-state index >= 15 is 0 Å². The van der Waals surface area contributed by atoms with E-state index in [0.717, 1.165) is 39.0 Å². The monoisotopic (exact) mass is 643 g/mol. The Morgan fingerprint density at radius 2 is 1.08 bits per heavy atom. The second-order valence-corrected chi connectivity index (χ2v) is 13.6. The molecule has 0 spiro atoms. The van der Waals surface area contributed by atoms with E-state index in [-0.39, 0.29) is 0 Å². The Balaban J connectivity index is 1.16. The molecule has 0 aliphatic heterocycles. The van der Waals surface area contributed by atoms with Gasteiger partial charge in [0.25, 0.3) is 0 Å². The van der Waals surface area contributed by atoms with Crippen molar-refractivity contribution in [2.24, 2.45) is 0 Å². The number of rotatable bonds is 5. The number of thiophene rings is 1. The molecule has 49 heavy (non-hydrogen) atoms. The quantitative estimate of drug-likeness (QED) is 0.186. The number of furan rings is 1. The minimum atomic E-state index is 0.914. The highest BCUT2D eigenvalue weighted by Gasteiger charge is 2.18. The van der Waals surface area contributed by atoms with Crippen molar-refractivity contribution in [3.8, 4) is 22.3 Å². The fraction of sp³-hybridized carbons (Fsp3) is 0. The maximum Gasteiger partial charge on any atom is 0.136 e. The lowest BCUT2D eigenvalue weighted by Gasteiger charge is -2.27. The van der Waals surface area contributed by atoms with Crippen molar-refractivity contribution in [2.75, 3.05) is 4.90 Å². The number of anilines is 3. The Labute approximate surface area is 287 Å². The van der Waals surface area contributed by atoms with Crippen molar-refractivity contribution in [1.82, 2.24) is 0 Å². The van der Waals surface area contributed by atoms with E-state index < -0.39 is 0 Å². The van der Waals surface area contributed by atoms with Crippen molar-refractivity contribution >= 4 is 81.3 Å². The molecule has 0 bridgehead atoms. The smallest absolute Gasteiger partial charge is 0.136 e. The number of para-hydroxylation sites is 1. The second-order valence-electron chi connectivity index (χ2n) is 12.5. The molecule has 8 aromatic carbocycles. The SMILES string of the molecule is c1ccc(-c2ccc(N(c3cccc(-c4cccc5sc6ccccc6c45)c3)c3ccc4c(ccc5oc6ccccc6c54)c3)cc2)cc1. The Morgan fingerprint density at radius 3 is 1.98 bits per heavy atom. The molecule has 10 aromatic rings. The summed E-state index contributed by atoms with van der Waals surface area (Å²) in [5, 5.41) is 7.30. The molecule has 2 nitrogen and oxygen atoms in total. The van der Waals surface area contributed by atoms with Gasteiger partial charge < -0.3 is 9.32 Å². The molecule has 0 saturated carbocycles. The molecule has 10 rings (SSSR count). The summed E-state index contributed by atoms with van der Waals surface area (Å²) in [6.45, 7) is 0. The fourth-order valence-corrected chi connectivity index (χ4v) is 8.52. The number of hydrogen-bond donors (Lipinski definition) is 0. The third kappa shape index (κ3) is 4.62. The van der Waals surface area contributed by atoms with Gasteiger partial charge in [0.2, 0.25) is 0 Å². The van der Waals surface area contributed by atoms with E-state index in [4.69, 9.17) is 4.42 Å². The van der Waals surface area contributed by atoms with E-state index in [1.165, 1.54) is 53.2 Å². The highest BCUT2D eigenvalue weighted by atomic mass is 32.1. The summed E-state index contributed by atoms with van der Waals surface area (Å²) >= 11 is 1.86. The number of hydrogen-bond acceptors (Lipinski definition) is 3. The van der Waals surface area contributed by atoms with Gasteiger partial charge in [0.15, 0.2) is 0 Å². The summed E-state index contributed by atoms with van der Waals surface area (Å²) in [6.07, 6.45) is 0. The largest absolute Gasteiger partial charge is 0.456 e. The van der Waals surface area contributed by atoms with Crippen LogP contribution in [0.1, 0.15) is 0 Å². The Hall–Kier alpha value is -6.16. The van der Waals surface area contributed by atoms with Crippen LogP contribution in [0.15, 0.2) is 180 Å². The number of nitrogens with zero attached hydrogens (tertiary/aromatic N) is 1. The van der Waals surface area contributed by atoms with E-state index in [2.05, 4.69) is 169 Å². The molecule has 0 amide bonds. The van der Waals surface area contributed by atoms with Crippen molar-refractivity contribution in [3.63, 3.8) is 0 Å². The Kier molecular flexibility index (Phi) is 6.39. The van der Waals surface area contributed by atoms with Gasteiger partial charge in [-0.2, -0.15) is 0 Å². The van der Waals surface area contributed by atoms with E-state index in [9.17, 15) is 0 Å². The number of benzene rings is 8. The van der Waals surface area contributed by atoms with Crippen LogP contribution in [0.5, 0.6) is 0 Å². The average Bonchev–Trinajstić information content (AvgIpc) is 3.75. The summed E-state index contributed by atoms with van der Waals surface area (Å²) in [5.74, 6) is 0. The Morgan fingerprint density at radius 1 is 0.388 bits per heavy atom. The van der Waals surface area contributed by atoms with Gasteiger partial charge in [-0.05, 0) is 93.7 Å². The molecule has 3 heteroatoms. The molecule has 2 heterocycles. The molecule has 0 fully saturated rings. The first-order valence-electron chi connectivity index (χ1n) is 16.6. The van der Waals surface area contributed by atoms with Crippen molar-refractivity contribution in [1.29, 1.82) is 0 Å². The summed E-state index contributed by atoms with van der Waals surface area (Å²) < 4.78 is 8.85. The first-order chi connectivity index (χ1) is 24.3. The topological polar surface area (TPSA) is 16.4 Å². The highest BCUT2D eigenvalue weighted by Crippen LogP contribution is 2.44. The zero-order valence-corrected chi connectivity index (χ0v) is 27.3. The van der Waals surface area contributed by atoms with Gasteiger partial charge in [0, 0.05) is 48.0 Å². The number of fused-ring (bicyclic) bond motifs is 8. The molecular weight excluding hydrogens is 615 g/mol. The maximum atomic E-state index is 6.22. The zero-order chi connectivity index (χ0) is 32.3. The summed E-state index contributed by atoms with van der Waals surface area (Å²) in [5.41, 5.74) is 10.00. The van der Waals surface area contributed by atoms with Gasteiger partial charge in [0.1, 0.15) is 11.2 Å². The second kappa shape index (κ2) is 11.2. The van der Waals surface area contributed by atoms with Crippen molar-refractivity contribution < 1.29 is 4.42 Å². The third-order valence-corrected chi connectivity index (χ3v) is 10.8. The minimum absolute atomic E-state index is 0.914. The molecule has 230 valence electrons. The van der Waals surface area contributed by atoms with Crippen LogP contribution in [0.2, 0.25) is 0 Å². The van der Waals surface area contributed by atoms with Gasteiger partial charge >= 0.3 is 0 Å². The summed E-state index contributed by atoms with van der Waals surface area (Å²) in [4.78, 5) is 2.38. The van der Waals surface area contributed by atoms with Crippen LogP contribution < -0.4 is 4.90 Å². The van der Waals surface area contributed by atoms with Gasteiger partial charge in [0.05, 0.1) is 0 Å². The standard InChI is InChI=1S/C46H29NOS/c1-2-10-30(11-3-1)31-20-23-34(24-21-31)47(36-25-26-38-33(29-36)22-27-42-45(38)39-14-4-6-17-41(39)48-42)35-13-8-12-32(28-35)37-16-9-19-44-46(37)40-15-5-7-18-43(40)49-44/h1-29H. The summed E-state index contributed by atoms with van der Waals surface area (Å²) in [6, 6.07) is 63.3. The minimum Gasteiger partial charge on any atom is -0.456 e. The normalized spacial score (nSPS) is 11.7. The molecule has 0 aliphatic carbocycles. The highest BCUT2D eigenvalue weighted by molar-refractivity contribution is 7.25. The lowest BCUT2D eigenvalue weighted by Crippen LogP contribution is -2.10. The van der Waals surface area contributed by atoms with Crippen LogP contribution in [-0.4, -0.2) is 0 Å². The summed E-state index contributed by atoms with van der Waals surface area (Å²) in [7, 11) is 0. The molecular formula is C46H29NOS. The van der Waals surface area contributed by atoms with Crippen LogP contribution in [0.3, 0.4) is 0 Å². The average molecular weight is 644 g/mol. The van der Waals surface area contributed by atoms with Gasteiger partial charge in [-0.15, -0.1) is 11.3 Å². The molecule has 0 N–H and O–H groups in total.